The molecule has 0 fully saturated rings. The SMILES string of the molecule is [Cl][Pd][Cl].c1ccc(C([P]C(c2ccccc2)(c2ccccc2)c2ccccc2)(c2ccccc2)c2ccccc2)cc1. The molecule has 42 heavy (non-hydrogen) atoms. The zero-order chi connectivity index (χ0) is 29.1. The van der Waals surface area contributed by atoms with Gasteiger partial charge in [-0.05, 0) is 42.0 Å². The smallest absolute Gasteiger partial charge is 0.0622 e. The van der Waals surface area contributed by atoms with Crippen LogP contribution in [0, 0.1) is 0 Å². The standard InChI is InChI=1S/C38H30P.2ClH.Pd/c1-7-19-31(20-8-1)37(32-21-9-2-10-22-32,33-23-11-3-12-24-33)39-38(34-25-13-4-14-26-34,35-27-15-5-16-28-35)36-29-17-6-18-30-36;;;/h1-30H;2*1H;/q;;;+2/p-2. The summed E-state index contributed by atoms with van der Waals surface area (Å²) in [6.45, 7) is 0. The molecule has 6 aromatic rings. The average molecular weight is 695 g/mol. The van der Waals surface area contributed by atoms with Gasteiger partial charge >= 0.3 is 35.0 Å². The molecule has 6 rings (SSSR count). The van der Waals surface area contributed by atoms with E-state index in [-0.39, 0.29) is 15.9 Å². The molecule has 0 heterocycles. The van der Waals surface area contributed by atoms with Crippen molar-refractivity contribution < 1.29 is 15.9 Å². The van der Waals surface area contributed by atoms with Gasteiger partial charge in [0.05, 0.1) is 10.3 Å². The van der Waals surface area contributed by atoms with E-state index in [1.54, 1.807) is 0 Å². The van der Waals surface area contributed by atoms with Crippen LogP contribution in [0.5, 0.6) is 0 Å². The van der Waals surface area contributed by atoms with Crippen LogP contribution < -0.4 is 0 Å². The predicted octanol–water partition coefficient (Wildman–Crippen LogP) is 11.3. The molecule has 0 aliphatic carbocycles. The van der Waals surface area contributed by atoms with Gasteiger partial charge in [0.1, 0.15) is 0 Å². The molecule has 0 nitrogen and oxygen atoms in total. The van der Waals surface area contributed by atoms with Crippen LogP contribution in [-0.2, 0) is 26.3 Å². The van der Waals surface area contributed by atoms with Gasteiger partial charge in [0, 0.05) is 0 Å². The quantitative estimate of drug-likeness (QED) is 0.0845. The molecular weight excluding hydrogens is 665 g/mol. The summed E-state index contributed by atoms with van der Waals surface area (Å²) < 4.78 is 0. The van der Waals surface area contributed by atoms with Crippen molar-refractivity contribution in [2.45, 2.75) is 10.3 Å². The summed E-state index contributed by atoms with van der Waals surface area (Å²) in [4.78, 5) is 0. The monoisotopic (exact) mass is 693 g/mol. The van der Waals surface area contributed by atoms with E-state index in [4.69, 9.17) is 19.1 Å². The third-order valence-electron chi connectivity index (χ3n) is 7.48. The van der Waals surface area contributed by atoms with Crippen molar-refractivity contribution >= 4 is 27.6 Å². The van der Waals surface area contributed by atoms with E-state index in [1.807, 2.05) is 0 Å². The van der Waals surface area contributed by atoms with Gasteiger partial charge in [0.25, 0.3) is 0 Å². The van der Waals surface area contributed by atoms with Crippen LogP contribution in [0.1, 0.15) is 33.4 Å². The number of halogens is 2. The van der Waals surface area contributed by atoms with E-state index in [1.165, 1.54) is 42.0 Å². The Morgan fingerprint density at radius 1 is 0.310 bits per heavy atom. The Labute approximate surface area is 267 Å². The van der Waals surface area contributed by atoms with Gasteiger partial charge in [0.2, 0.25) is 0 Å². The van der Waals surface area contributed by atoms with E-state index in [2.05, 4.69) is 182 Å². The molecule has 211 valence electrons. The van der Waals surface area contributed by atoms with Gasteiger partial charge in [-0.25, -0.2) is 0 Å². The maximum absolute atomic E-state index is 4.81. The predicted molar refractivity (Wildman–Crippen MR) is 177 cm³/mol. The van der Waals surface area contributed by atoms with Crippen LogP contribution in [0.15, 0.2) is 182 Å². The Balaban J connectivity index is 0.00000113. The van der Waals surface area contributed by atoms with Crippen molar-refractivity contribution in [3.8, 4) is 0 Å². The zero-order valence-electron chi connectivity index (χ0n) is 22.8. The van der Waals surface area contributed by atoms with Gasteiger partial charge in [-0.2, -0.15) is 0 Å². The van der Waals surface area contributed by atoms with Gasteiger partial charge < -0.3 is 0 Å². The molecule has 1 radical (unpaired) electrons. The van der Waals surface area contributed by atoms with Crippen molar-refractivity contribution in [2.24, 2.45) is 0 Å². The van der Waals surface area contributed by atoms with E-state index < -0.39 is 10.3 Å². The van der Waals surface area contributed by atoms with E-state index in [0.717, 1.165) is 0 Å². The Morgan fingerprint density at radius 3 is 0.595 bits per heavy atom. The second-order valence-electron chi connectivity index (χ2n) is 9.77. The Hall–Kier alpha value is -3.01. The summed E-state index contributed by atoms with van der Waals surface area (Å²) in [5.74, 6) is 0. The molecular formula is C38H30Cl2PPd. The minimum Gasteiger partial charge on any atom is -0.0622 e. The van der Waals surface area contributed by atoms with Gasteiger partial charge in [0.15, 0.2) is 0 Å². The summed E-state index contributed by atoms with van der Waals surface area (Å²) >= 11 is -0.106. The first-order valence-corrected chi connectivity index (χ1v) is 18.5. The van der Waals surface area contributed by atoms with Crippen molar-refractivity contribution in [2.75, 3.05) is 0 Å². The molecule has 0 aliphatic heterocycles. The average Bonchev–Trinajstić information content (AvgIpc) is 3.08. The fourth-order valence-corrected chi connectivity index (χ4v) is 7.89. The third kappa shape index (κ3) is 6.33. The van der Waals surface area contributed by atoms with Gasteiger partial charge in [-0.15, -0.1) is 0 Å². The molecule has 0 bridgehead atoms. The second kappa shape index (κ2) is 14.9. The molecule has 0 saturated carbocycles. The third-order valence-corrected chi connectivity index (χ3v) is 9.70. The zero-order valence-corrected chi connectivity index (χ0v) is 26.8. The van der Waals surface area contributed by atoms with Crippen molar-refractivity contribution in [3.05, 3.63) is 215 Å². The van der Waals surface area contributed by atoms with Crippen LogP contribution in [0.2, 0.25) is 0 Å². The number of rotatable bonds is 8. The second-order valence-corrected chi connectivity index (χ2v) is 13.7. The Bertz CT molecular complexity index is 1300. The minimum absolute atomic E-state index is 0.106. The maximum atomic E-state index is 4.81. The van der Waals surface area contributed by atoms with E-state index in [0.29, 0.717) is 0 Å². The summed E-state index contributed by atoms with van der Waals surface area (Å²) in [5.41, 5.74) is 7.65. The van der Waals surface area contributed by atoms with Crippen LogP contribution in [0.4, 0.5) is 0 Å². The Kier molecular flexibility index (Phi) is 10.8. The number of hydrogen-bond acceptors (Lipinski definition) is 0. The fraction of sp³-hybridized carbons (Fsp3) is 0.0526. The molecule has 4 heteroatoms. The minimum atomic E-state index is -0.453. The van der Waals surface area contributed by atoms with Crippen molar-refractivity contribution in [3.63, 3.8) is 0 Å². The van der Waals surface area contributed by atoms with Crippen LogP contribution in [-0.4, -0.2) is 0 Å². The first kappa shape index (κ1) is 30.5. The summed E-state index contributed by atoms with van der Waals surface area (Å²) in [7, 11) is 10.8. The number of benzene rings is 6. The van der Waals surface area contributed by atoms with Crippen molar-refractivity contribution in [1.29, 1.82) is 0 Å². The van der Waals surface area contributed by atoms with Crippen LogP contribution >= 0.6 is 27.6 Å². The van der Waals surface area contributed by atoms with E-state index >= 15 is 0 Å². The molecule has 0 aromatic heterocycles. The normalized spacial score (nSPS) is 11.4. The Morgan fingerprint density at radius 2 is 0.452 bits per heavy atom. The molecule has 0 atom stereocenters. The molecule has 0 spiro atoms. The summed E-state index contributed by atoms with van der Waals surface area (Å²) in [6.07, 6.45) is 0. The summed E-state index contributed by atoms with van der Waals surface area (Å²) in [6, 6.07) is 66.2. The largest absolute Gasteiger partial charge is 0.0704 e. The van der Waals surface area contributed by atoms with Crippen LogP contribution in [0.25, 0.3) is 0 Å². The molecule has 6 aromatic carbocycles. The van der Waals surface area contributed by atoms with Crippen molar-refractivity contribution in [1.82, 2.24) is 0 Å². The number of hydrogen-bond donors (Lipinski definition) is 0. The van der Waals surface area contributed by atoms with Gasteiger partial charge in [-0.3, -0.25) is 0 Å². The molecule has 0 saturated heterocycles. The maximum Gasteiger partial charge on any atom is 0.0704 e. The molecule has 0 amide bonds. The fourth-order valence-electron chi connectivity index (χ4n) is 5.71. The van der Waals surface area contributed by atoms with Gasteiger partial charge in [-0.1, -0.05) is 182 Å². The first-order chi connectivity index (χ1) is 20.8. The molecule has 0 aliphatic rings. The topological polar surface area (TPSA) is 0 Å². The molecule has 0 N–H and O–H groups in total. The molecule has 0 unspecified atom stereocenters. The summed E-state index contributed by atoms with van der Waals surface area (Å²) in [5, 5.41) is -0.906. The first-order valence-electron chi connectivity index (χ1n) is 13.7. The van der Waals surface area contributed by atoms with E-state index in [9.17, 15) is 0 Å². The van der Waals surface area contributed by atoms with Crippen LogP contribution in [0.3, 0.4) is 0 Å².